The summed E-state index contributed by atoms with van der Waals surface area (Å²) in [6.45, 7) is 1.64. The highest BCUT2D eigenvalue weighted by Gasteiger charge is 2.03. The number of nitrogens with one attached hydrogen (secondary N) is 3. The van der Waals surface area contributed by atoms with Crippen LogP contribution < -0.4 is 16.0 Å². The summed E-state index contributed by atoms with van der Waals surface area (Å²) in [5.74, 6) is 0.608. The fraction of sp³-hybridized carbons (Fsp3) is 0.333. The predicted octanol–water partition coefficient (Wildman–Crippen LogP) is 2.43. The average Bonchev–Trinajstić information content (AvgIpc) is 3.12. The van der Waals surface area contributed by atoms with Crippen LogP contribution in [0.5, 0.6) is 0 Å². The van der Waals surface area contributed by atoms with E-state index >= 15 is 0 Å². The van der Waals surface area contributed by atoms with Crippen LogP contribution in [-0.4, -0.2) is 38.5 Å². The second-order valence-corrected chi connectivity index (χ2v) is 6.30. The number of hydrogen-bond acceptors (Lipinski definition) is 3. The monoisotopic (exact) mass is 472 g/mol. The van der Waals surface area contributed by atoms with Crippen molar-refractivity contribution in [2.24, 2.45) is 4.99 Å². The summed E-state index contributed by atoms with van der Waals surface area (Å²) in [7, 11) is 1.70. The van der Waals surface area contributed by atoms with E-state index in [2.05, 4.69) is 44.5 Å². The Kier molecular flexibility index (Phi) is 10.9. The van der Waals surface area contributed by atoms with Crippen LogP contribution in [0.3, 0.4) is 0 Å². The molecule has 0 radical (unpaired) electrons. The maximum absolute atomic E-state index is 11.9. The number of halogens is 1. The van der Waals surface area contributed by atoms with Gasteiger partial charge in [-0.3, -0.25) is 9.79 Å². The molecule has 1 amide bonds. The largest absolute Gasteiger partial charge is 0.356 e. The van der Waals surface area contributed by atoms with Crippen molar-refractivity contribution in [3.8, 4) is 0 Å². The van der Waals surface area contributed by atoms with Crippen molar-refractivity contribution in [1.29, 1.82) is 0 Å². The van der Waals surface area contributed by atoms with Crippen molar-refractivity contribution in [1.82, 2.24) is 16.0 Å². The normalized spacial score (nSPS) is 10.7. The van der Waals surface area contributed by atoms with Gasteiger partial charge in [-0.15, -0.1) is 35.3 Å². The molecule has 1 heterocycles. The zero-order chi connectivity index (χ0) is 17.0. The summed E-state index contributed by atoms with van der Waals surface area (Å²) >= 11 is 1.74. The molecule has 0 atom stereocenters. The highest BCUT2D eigenvalue weighted by Crippen LogP contribution is 2.07. The molecule has 0 fully saturated rings. The molecular weight excluding hydrogens is 447 g/mol. The smallest absolute Gasteiger partial charge is 0.239 e. The summed E-state index contributed by atoms with van der Waals surface area (Å²) < 4.78 is 0. The summed E-state index contributed by atoms with van der Waals surface area (Å²) in [6.07, 6.45) is 1.78. The van der Waals surface area contributed by atoms with Gasteiger partial charge >= 0.3 is 0 Å². The van der Waals surface area contributed by atoms with E-state index in [9.17, 15) is 4.79 Å². The lowest BCUT2D eigenvalue weighted by Crippen LogP contribution is -2.44. The number of thiophene rings is 1. The molecule has 0 spiro atoms. The number of benzene rings is 1. The van der Waals surface area contributed by atoms with Crippen LogP contribution in [0.4, 0.5) is 0 Å². The highest BCUT2D eigenvalue weighted by molar-refractivity contribution is 14.0. The maximum Gasteiger partial charge on any atom is 0.239 e. The summed E-state index contributed by atoms with van der Waals surface area (Å²) in [4.78, 5) is 17.3. The SMILES string of the molecule is CN=C(NCCc1cccs1)NCC(=O)NCCc1ccccc1.I. The first-order chi connectivity index (χ1) is 11.8. The summed E-state index contributed by atoms with van der Waals surface area (Å²) in [5.41, 5.74) is 1.22. The fourth-order valence-corrected chi connectivity index (χ4v) is 2.91. The molecule has 5 nitrogen and oxygen atoms in total. The second-order valence-electron chi connectivity index (χ2n) is 5.27. The molecule has 2 rings (SSSR count). The first-order valence-corrected chi connectivity index (χ1v) is 8.93. The Morgan fingerprint density at radius 3 is 2.44 bits per heavy atom. The van der Waals surface area contributed by atoms with Crippen molar-refractivity contribution in [3.63, 3.8) is 0 Å². The standard InChI is InChI=1S/C18H24N4OS.HI/c1-19-18(21-12-10-16-8-5-13-24-16)22-14-17(23)20-11-9-15-6-3-2-4-7-15;/h2-8,13H,9-12,14H2,1H3,(H,20,23)(H2,19,21,22);1H. The molecular formula is C18H25IN4OS. The quantitative estimate of drug-likeness (QED) is 0.314. The van der Waals surface area contributed by atoms with Gasteiger partial charge in [0.1, 0.15) is 0 Å². The predicted molar refractivity (Wildman–Crippen MR) is 116 cm³/mol. The molecule has 0 unspecified atom stereocenters. The number of nitrogens with zero attached hydrogens (tertiary/aromatic N) is 1. The van der Waals surface area contributed by atoms with E-state index in [0.29, 0.717) is 12.5 Å². The van der Waals surface area contributed by atoms with Crippen molar-refractivity contribution in [2.45, 2.75) is 12.8 Å². The third-order valence-electron chi connectivity index (χ3n) is 3.46. The number of amides is 1. The van der Waals surface area contributed by atoms with E-state index in [1.807, 2.05) is 24.3 Å². The molecule has 7 heteroatoms. The fourth-order valence-electron chi connectivity index (χ4n) is 2.20. The van der Waals surface area contributed by atoms with E-state index in [1.54, 1.807) is 18.4 Å². The van der Waals surface area contributed by atoms with E-state index in [0.717, 1.165) is 19.4 Å². The molecule has 0 aliphatic rings. The average molecular weight is 472 g/mol. The van der Waals surface area contributed by atoms with E-state index < -0.39 is 0 Å². The Bertz CT molecular complexity index is 632. The van der Waals surface area contributed by atoms with Gasteiger partial charge in [-0.05, 0) is 29.9 Å². The van der Waals surface area contributed by atoms with Gasteiger partial charge in [0.05, 0.1) is 6.54 Å². The van der Waals surface area contributed by atoms with Crippen molar-refractivity contribution < 1.29 is 4.79 Å². The van der Waals surface area contributed by atoms with Crippen LogP contribution in [0, 0.1) is 0 Å². The number of hydrogen-bond donors (Lipinski definition) is 3. The van der Waals surface area contributed by atoms with Gasteiger partial charge in [-0.2, -0.15) is 0 Å². The Labute approximate surface area is 170 Å². The second kappa shape index (κ2) is 12.7. The Hall–Kier alpha value is -1.61. The minimum absolute atomic E-state index is 0. The summed E-state index contributed by atoms with van der Waals surface area (Å²) in [5, 5.41) is 11.2. The molecule has 2 aromatic rings. The molecule has 0 aliphatic heterocycles. The first kappa shape index (κ1) is 21.4. The molecule has 25 heavy (non-hydrogen) atoms. The van der Waals surface area contributed by atoms with Crippen LogP contribution in [0.15, 0.2) is 52.8 Å². The van der Waals surface area contributed by atoms with Crippen LogP contribution in [0.2, 0.25) is 0 Å². The van der Waals surface area contributed by atoms with Crippen LogP contribution in [0.25, 0.3) is 0 Å². The van der Waals surface area contributed by atoms with E-state index in [1.165, 1.54) is 10.4 Å². The molecule has 136 valence electrons. The lowest BCUT2D eigenvalue weighted by atomic mass is 10.1. The summed E-state index contributed by atoms with van der Waals surface area (Å²) in [6, 6.07) is 14.3. The Morgan fingerprint density at radius 1 is 1.00 bits per heavy atom. The van der Waals surface area contributed by atoms with Crippen LogP contribution in [-0.2, 0) is 17.6 Å². The van der Waals surface area contributed by atoms with Gasteiger partial charge in [-0.25, -0.2) is 0 Å². The number of carbonyl (C=O) groups excluding carboxylic acids is 1. The van der Waals surface area contributed by atoms with Gasteiger partial charge in [0.2, 0.25) is 5.91 Å². The molecule has 0 bridgehead atoms. The Morgan fingerprint density at radius 2 is 1.76 bits per heavy atom. The van der Waals surface area contributed by atoms with Crippen LogP contribution >= 0.6 is 35.3 Å². The van der Waals surface area contributed by atoms with Crippen molar-refractivity contribution in [2.75, 3.05) is 26.7 Å². The third-order valence-corrected chi connectivity index (χ3v) is 4.40. The molecule has 0 saturated carbocycles. The molecule has 1 aromatic heterocycles. The lowest BCUT2D eigenvalue weighted by molar-refractivity contribution is -0.119. The zero-order valence-corrected chi connectivity index (χ0v) is 17.5. The lowest BCUT2D eigenvalue weighted by Gasteiger charge is -2.11. The zero-order valence-electron chi connectivity index (χ0n) is 14.3. The molecule has 0 saturated heterocycles. The van der Waals surface area contributed by atoms with E-state index in [4.69, 9.17) is 0 Å². The molecule has 3 N–H and O–H groups in total. The topological polar surface area (TPSA) is 65.5 Å². The third kappa shape index (κ3) is 8.87. The van der Waals surface area contributed by atoms with Gasteiger partial charge in [0, 0.05) is 25.0 Å². The van der Waals surface area contributed by atoms with Gasteiger partial charge in [0.25, 0.3) is 0 Å². The molecule has 1 aromatic carbocycles. The Balaban J connectivity index is 0.00000312. The van der Waals surface area contributed by atoms with Gasteiger partial charge in [0.15, 0.2) is 5.96 Å². The van der Waals surface area contributed by atoms with Crippen molar-refractivity contribution in [3.05, 3.63) is 58.3 Å². The number of rotatable bonds is 8. The number of carbonyl (C=O) groups is 1. The van der Waals surface area contributed by atoms with E-state index in [-0.39, 0.29) is 36.4 Å². The number of aliphatic imine (C=N–C) groups is 1. The van der Waals surface area contributed by atoms with Gasteiger partial charge in [-0.1, -0.05) is 36.4 Å². The number of guanidine groups is 1. The first-order valence-electron chi connectivity index (χ1n) is 8.05. The van der Waals surface area contributed by atoms with Gasteiger partial charge < -0.3 is 16.0 Å². The van der Waals surface area contributed by atoms with Crippen molar-refractivity contribution >= 4 is 47.2 Å². The minimum Gasteiger partial charge on any atom is -0.356 e. The highest BCUT2D eigenvalue weighted by atomic mass is 127. The minimum atomic E-state index is -0.0351. The van der Waals surface area contributed by atoms with Crippen LogP contribution in [0.1, 0.15) is 10.4 Å². The maximum atomic E-state index is 11.9. The molecule has 0 aliphatic carbocycles.